The zero-order valence-electron chi connectivity index (χ0n) is 14.5. The molecule has 5 heteroatoms. The van der Waals surface area contributed by atoms with E-state index in [1.807, 2.05) is 6.07 Å². The number of aryl methyl sites for hydroxylation is 2. The Morgan fingerprint density at radius 3 is 2.62 bits per heavy atom. The van der Waals surface area contributed by atoms with Crippen LogP contribution in [-0.4, -0.2) is 28.3 Å². The Morgan fingerprint density at radius 2 is 1.88 bits per heavy atom. The Hall–Kier alpha value is -2.01. The molecular weight excluding hydrogens is 300 g/mol. The van der Waals surface area contributed by atoms with Crippen molar-refractivity contribution in [3.05, 3.63) is 47.3 Å². The second-order valence-corrected chi connectivity index (χ2v) is 6.22. The van der Waals surface area contributed by atoms with Crippen LogP contribution in [0.3, 0.4) is 0 Å². The van der Waals surface area contributed by atoms with Gasteiger partial charge in [0.2, 0.25) is 5.95 Å². The molecular formula is C19H26N4O. The highest BCUT2D eigenvalue weighted by Gasteiger charge is 2.27. The number of hydrogen-bond donors (Lipinski definition) is 1. The number of aromatic nitrogens is 3. The lowest BCUT2D eigenvalue weighted by Gasteiger charge is -2.32. The Morgan fingerprint density at radius 1 is 1.08 bits per heavy atom. The lowest BCUT2D eigenvalue weighted by Crippen LogP contribution is -2.29. The topological polar surface area (TPSA) is 59.9 Å². The maximum atomic E-state index is 6.05. The number of hydrogen-bond acceptors (Lipinski definition) is 5. The molecule has 3 rings (SSSR count). The van der Waals surface area contributed by atoms with Crippen LogP contribution in [0, 0.1) is 5.92 Å². The maximum absolute atomic E-state index is 6.05. The number of anilines is 1. The van der Waals surface area contributed by atoms with Crippen LogP contribution >= 0.6 is 0 Å². The van der Waals surface area contributed by atoms with E-state index in [2.05, 4.69) is 58.6 Å². The zero-order chi connectivity index (χ0) is 16.8. The van der Waals surface area contributed by atoms with Gasteiger partial charge in [-0.2, -0.15) is 5.10 Å². The zero-order valence-corrected chi connectivity index (χ0v) is 14.5. The van der Waals surface area contributed by atoms with E-state index < -0.39 is 0 Å². The summed E-state index contributed by atoms with van der Waals surface area (Å²) in [5, 5.41) is 11.9. The summed E-state index contributed by atoms with van der Waals surface area (Å²) < 4.78 is 6.05. The predicted octanol–water partition coefficient (Wildman–Crippen LogP) is 3.58. The van der Waals surface area contributed by atoms with Crippen molar-refractivity contribution in [1.82, 2.24) is 15.2 Å². The lowest BCUT2D eigenvalue weighted by molar-refractivity contribution is -0.0238. The van der Waals surface area contributed by atoms with Crippen molar-refractivity contribution in [2.24, 2.45) is 5.92 Å². The van der Waals surface area contributed by atoms with E-state index in [1.54, 1.807) is 0 Å². The van der Waals surface area contributed by atoms with Gasteiger partial charge in [0, 0.05) is 19.1 Å². The van der Waals surface area contributed by atoms with Crippen LogP contribution in [0.15, 0.2) is 30.3 Å². The van der Waals surface area contributed by atoms with Gasteiger partial charge < -0.3 is 10.1 Å². The number of nitrogens with zero attached hydrogens (tertiary/aromatic N) is 3. The summed E-state index contributed by atoms with van der Waals surface area (Å²) in [4.78, 5) is 4.62. The third kappa shape index (κ3) is 3.90. The van der Waals surface area contributed by atoms with E-state index in [-0.39, 0.29) is 6.10 Å². The molecule has 1 saturated heterocycles. The van der Waals surface area contributed by atoms with Gasteiger partial charge >= 0.3 is 0 Å². The fourth-order valence-electron chi connectivity index (χ4n) is 3.30. The van der Waals surface area contributed by atoms with Crippen molar-refractivity contribution in [2.75, 3.05) is 18.5 Å². The summed E-state index contributed by atoms with van der Waals surface area (Å²) in [6, 6.07) is 10.5. The number of rotatable bonds is 6. The molecule has 0 radical (unpaired) electrons. The summed E-state index contributed by atoms with van der Waals surface area (Å²) in [5.41, 5.74) is 3.28. The third-order valence-electron chi connectivity index (χ3n) is 4.60. The van der Waals surface area contributed by atoms with Gasteiger partial charge in [-0.15, -0.1) is 5.10 Å². The fourth-order valence-corrected chi connectivity index (χ4v) is 3.30. The first-order chi connectivity index (χ1) is 11.8. The number of benzene rings is 1. The lowest BCUT2D eigenvalue weighted by atomic mass is 9.89. The summed E-state index contributed by atoms with van der Waals surface area (Å²) in [5.74, 6) is 1.04. The van der Waals surface area contributed by atoms with Crippen LogP contribution in [-0.2, 0) is 17.6 Å². The molecule has 1 aromatic heterocycles. The standard InChI is InChI=1S/C19H26N4O/c1-3-16-17(4-2)22-23-19(21-16)20-13-15-11-8-12-24-18(15)14-9-6-5-7-10-14/h5-7,9-10,15,18H,3-4,8,11-13H2,1-2H3,(H,20,21,23). The molecule has 0 aliphatic carbocycles. The highest BCUT2D eigenvalue weighted by Crippen LogP contribution is 2.33. The van der Waals surface area contributed by atoms with Crippen molar-refractivity contribution in [3.63, 3.8) is 0 Å². The second-order valence-electron chi connectivity index (χ2n) is 6.22. The quantitative estimate of drug-likeness (QED) is 0.879. The van der Waals surface area contributed by atoms with E-state index in [0.717, 1.165) is 50.2 Å². The van der Waals surface area contributed by atoms with Crippen LogP contribution < -0.4 is 5.32 Å². The van der Waals surface area contributed by atoms with Crippen molar-refractivity contribution in [2.45, 2.75) is 45.6 Å². The summed E-state index contributed by atoms with van der Waals surface area (Å²) >= 11 is 0. The molecule has 2 unspecified atom stereocenters. The van der Waals surface area contributed by atoms with Crippen molar-refractivity contribution in [1.29, 1.82) is 0 Å². The van der Waals surface area contributed by atoms with Gasteiger partial charge in [-0.1, -0.05) is 44.2 Å². The molecule has 0 spiro atoms. The maximum Gasteiger partial charge on any atom is 0.242 e. The monoisotopic (exact) mass is 326 g/mol. The average Bonchev–Trinajstić information content (AvgIpc) is 2.67. The molecule has 0 bridgehead atoms. The Kier molecular flexibility index (Phi) is 5.75. The molecule has 2 atom stereocenters. The molecule has 1 aromatic carbocycles. The van der Waals surface area contributed by atoms with E-state index in [0.29, 0.717) is 11.9 Å². The highest BCUT2D eigenvalue weighted by molar-refractivity contribution is 5.27. The van der Waals surface area contributed by atoms with Crippen LogP contribution in [0.4, 0.5) is 5.95 Å². The Balaban J connectivity index is 1.68. The molecule has 2 aromatic rings. The van der Waals surface area contributed by atoms with Crippen LogP contribution in [0.5, 0.6) is 0 Å². The molecule has 0 amide bonds. The van der Waals surface area contributed by atoms with Gasteiger partial charge in [0.05, 0.1) is 17.5 Å². The van der Waals surface area contributed by atoms with E-state index in [9.17, 15) is 0 Å². The molecule has 1 aliphatic rings. The summed E-state index contributed by atoms with van der Waals surface area (Å²) in [6.45, 7) is 5.82. The largest absolute Gasteiger partial charge is 0.373 e. The smallest absolute Gasteiger partial charge is 0.242 e. The minimum absolute atomic E-state index is 0.140. The van der Waals surface area contributed by atoms with Crippen LogP contribution in [0.25, 0.3) is 0 Å². The number of nitrogens with one attached hydrogen (secondary N) is 1. The van der Waals surface area contributed by atoms with E-state index in [1.165, 1.54) is 5.56 Å². The second kappa shape index (κ2) is 8.20. The molecule has 1 aliphatic heterocycles. The first-order valence-electron chi connectivity index (χ1n) is 8.94. The van der Waals surface area contributed by atoms with E-state index in [4.69, 9.17) is 4.74 Å². The molecule has 5 nitrogen and oxygen atoms in total. The molecule has 2 heterocycles. The third-order valence-corrected chi connectivity index (χ3v) is 4.60. The fraction of sp³-hybridized carbons (Fsp3) is 0.526. The normalized spacial score (nSPS) is 20.8. The minimum atomic E-state index is 0.140. The van der Waals surface area contributed by atoms with Crippen molar-refractivity contribution in [3.8, 4) is 0 Å². The summed E-state index contributed by atoms with van der Waals surface area (Å²) in [7, 11) is 0. The van der Waals surface area contributed by atoms with Gasteiger partial charge in [-0.25, -0.2) is 4.98 Å². The van der Waals surface area contributed by atoms with Gasteiger partial charge in [0.25, 0.3) is 0 Å². The van der Waals surface area contributed by atoms with Crippen molar-refractivity contribution < 1.29 is 4.74 Å². The molecule has 24 heavy (non-hydrogen) atoms. The SMILES string of the molecule is CCc1nnc(NCC2CCCOC2c2ccccc2)nc1CC. The van der Waals surface area contributed by atoms with Gasteiger partial charge in [0.15, 0.2) is 0 Å². The average molecular weight is 326 g/mol. The molecule has 128 valence electrons. The predicted molar refractivity (Wildman–Crippen MR) is 94.9 cm³/mol. The Bertz CT molecular complexity index is 647. The van der Waals surface area contributed by atoms with Crippen LogP contribution in [0.1, 0.15) is 49.7 Å². The Labute approximate surface area is 143 Å². The first kappa shape index (κ1) is 16.8. The summed E-state index contributed by atoms with van der Waals surface area (Å²) in [6.07, 6.45) is 4.14. The van der Waals surface area contributed by atoms with Gasteiger partial charge in [-0.3, -0.25) is 0 Å². The highest BCUT2D eigenvalue weighted by atomic mass is 16.5. The first-order valence-corrected chi connectivity index (χ1v) is 8.94. The van der Waals surface area contributed by atoms with Gasteiger partial charge in [0.1, 0.15) is 0 Å². The number of ether oxygens (including phenoxy) is 1. The molecule has 0 saturated carbocycles. The van der Waals surface area contributed by atoms with Gasteiger partial charge in [-0.05, 0) is 31.2 Å². The van der Waals surface area contributed by atoms with E-state index >= 15 is 0 Å². The minimum Gasteiger partial charge on any atom is -0.373 e. The molecule has 1 fully saturated rings. The van der Waals surface area contributed by atoms with Crippen molar-refractivity contribution >= 4 is 5.95 Å². The molecule has 1 N–H and O–H groups in total. The van der Waals surface area contributed by atoms with Crippen LogP contribution in [0.2, 0.25) is 0 Å².